The Bertz CT molecular complexity index is 523. The van der Waals surface area contributed by atoms with Crippen LogP contribution in [0.2, 0.25) is 5.02 Å². The van der Waals surface area contributed by atoms with Crippen molar-refractivity contribution in [3.63, 3.8) is 0 Å². The van der Waals surface area contributed by atoms with Crippen LogP contribution in [0, 0.1) is 11.3 Å². The average Bonchev–Trinajstić information content (AvgIpc) is 2.23. The summed E-state index contributed by atoms with van der Waals surface area (Å²) in [6, 6.07) is 2.59. The van der Waals surface area contributed by atoms with Gasteiger partial charge < -0.3 is 10.4 Å². The molecule has 96 valence electrons. The lowest BCUT2D eigenvalue weighted by atomic mass is 10.1. The third kappa shape index (κ3) is 3.28. The van der Waals surface area contributed by atoms with Crippen LogP contribution in [0.3, 0.4) is 0 Å². The molecule has 18 heavy (non-hydrogen) atoms. The average molecular weight is 279 g/mol. The number of alkyl halides is 3. The van der Waals surface area contributed by atoms with Crippen LogP contribution in [-0.2, 0) is 11.0 Å². The summed E-state index contributed by atoms with van der Waals surface area (Å²) in [6.07, 6.45) is -5.21. The van der Waals surface area contributed by atoms with E-state index < -0.39 is 40.5 Å². The van der Waals surface area contributed by atoms with E-state index in [0.29, 0.717) is 12.1 Å². The van der Waals surface area contributed by atoms with Gasteiger partial charge in [0, 0.05) is 0 Å². The Morgan fingerprint density at radius 3 is 2.61 bits per heavy atom. The lowest BCUT2D eigenvalue weighted by Crippen LogP contribution is -2.12. The van der Waals surface area contributed by atoms with Crippen LogP contribution < -0.4 is 5.32 Å². The molecule has 1 rings (SSSR count). The number of phenolic OH excluding ortho intramolecular Hbond substituents is 1. The summed E-state index contributed by atoms with van der Waals surface area (Å²) in [6.45, 7) is 0. The summed E-state index contributed by atoms with van der Waals surface area (Å²) in [4.78, 5) is 11.1. The largest absolute Gasteiger partial charge is 0.504 e. The van der Waals surface area contributed by atoms with E-state index in [2.05, 4.69) is 0 Å². The van der Waals surface area contributed by atoms with Crippen LogP contribution in [0.15, 0.2) is 12.1 Å². The monoisotopic (exact) mass is 278 g/mol. The number of nitrogens with zero attached hydrogens (tertiary/aromatic N) is 1. The van der Waals surface area contributed by atoms with Gasteiger partial charge in [0.25, 0.3) is 0 Å². The summed E-state index contributed by atoms with van der Waals surface area (Å²) in [5.74, 6) is -1.53. The Kier molecular flexibility index (Phi) is 4.03. The topological polar surface area (TPSA) is 73.1 Å². The molecule has 1 aromatic carbocycles. The lowest BCUT2D eigenvalue weighted by molar-refractivity contribution is -0.137. The predicted molar refractivity (Wildman–Crippen MR) is 57.0 cm³/mol. The van der Waals surface area contributed by atoms with E-state index in [1.807, 2.05) is 5.32 Å². The Hall–Kier alpha value is -1.94. The van der Waals surface area contributed by atoms with Gasteiger partial charge in [-0.2, -0.15) is 18.4 Å². The Balaban J connectivity index is 3.16. The molecule has 1 amide bonds. The van der Waals surface area contributed by atoms with E-state index in [1.54, 1.807) is 0 Å². The fourth-order valence-corrected chi connectivity index (χ4v) is 1.34. The van der Waals surface area contributed by atoms with Crippen molar-refractivity contribution >= 4 is 23.2 Å². The summed E-state index contributed by atoms with van der Waals surface area (Å²) < 4.78 is 37.4. The van der Waals surface area contributed by atoms with Crippen LogP contribution in [0.4, 0.5) is 18.9 Å². The van der Waals surface area contributed by atoms with Crippen molar-refractivity contribution in [2.75, 3.05) is 5.32 Å². The van der Waals surface area contributed by atoms with Crippen LogP contribution >= 0.6 is 11.6 Å². The van der Waals surface area contributed by atoms with E-state index in [1.165, 1.54) is 6.07 Å². The van der Waals surface area contributed by atoms with E-state index in [9.17, 15) is 23.1 Å². The van der Waals surface area contributed by atoms with Crippen LogP contribution in [0.1, 0.15) is 12.0 Å². The number of aromatic hydroxyl groups is 1. The summed E-state index contributed by atoms with van der Waals surface area (Å²) in [5.41, 5.74) is -1.60. The van der Waals surface area contributed by atoms with Crippen molar-refractivity contribution in [3.8, 4) is 11.8 Å². The van der Waals surface area contributed by atoms with Gasteiger partial charge in [-0.3, -0.25) is 4.79 Å². The summed E-state index contributed by atoms with van der Waals surface area (Å²) in [5, 5.41) is 19.1. The second-order valence-electron chi connectivity index (χ2n) is 3.24. The maximum Gasteiger partial charge on any atom is 0.416 e. The number of nitriles is 1. The van der Waals surface area contributed by atoms with Crippen molar-refractivity contribution in [3.05, 3.63) is 22.7 Å². The fourth-order valence-electron chi connectivity index (χ4n) is 1.12. The highest BCUT2D eigenvalue weighted by Gasteiger charge is 2.32. The number of benzene rings is 1. The van der Waals surface area contributed by atoms with E-state index in [0.717, 1.165) is 0 Å². The molecule has 0 aliphatic carbocycles. The number of nitrogens with one attached hydrogen (secondary N) is 1. The third-order valence-corrected chi connectivity index (χ3v) is 2.19. The molecular weight excluding hydrogens is 273 g/mol. The molecular formula is C10H6ClF3N2O2. The highest BCUT2D eigenvalue weighted by Crippen LogP contribution is 2.39. The molecule has 0 saturated carbocycles. The maximum absolute atomic E-state index is 12.5. The quantitative estimate of drug-likeness (QED) is 0.817. The van der Waals surface area contributed by atoms with Gasteiger partial charge in [-0.1, -0.05) is 11.6 Å². The van der Waals surface area contributed by atoms with Gasteiger partial charge in [0.15, 0.2) is 5.75 Å². The lowest BCUT2D eigenvalue weighted by Gasteiger charge is -2.12. The van der Waals surface area contributed by atoms with Crippen LogP contribution in [0.25, 0.3) is 0 Å². The van der Waals surface area contributed by atoms with Crippen LogP contribution in [0.5, 0.6) is 5.75 Å². The van der Waals surface area contributed by atoms with E-state index in [-0.39, 0.29) is 0 Å². The van der Waals surface area contributed by atoms with Gasteiger partial charge in [-0.05, 0) is 12.1 Å². The zero-order valence-corrected chi connectivity index (χ0v) is 9.43. The van der Waals surface area contributed by atoms with Gasteiger partial charge >= 0.3 is 6.18 Å². The number of anilines is 1. The van der Waals surface area contributed by atoms with Crippen molar-refractivity contribution in [2.24, 2.45) is 0 Å². The number of amides is 1. The summed E-state index contributed by atoms with van der Waals surface area (Å²) >= 11 is 5.42. The van der Waals surface area contributed by atoms with Crippen molar-refractivity contribution in [2.45, 2.75) is 12.6 Å². The number of hydrogen-bond donors (Lipinski definition) is 2. The first-order chi connectivity index (χ1) is 8.25. The second-order valence-corrected chi connectivity index (χ2v) is 3.64. The minimum atomic E-state index is -4.66. The van der Waals surface area contributed by atoms with Gasteiger partial charge in [0.05, 0.1) is 22.3 Å². The molecule has 0 aliphatic heterocycles. The van der Waals surface area contributed by atoms with Crippen molar-refractivity contribution in [1.82, 2.24) is 0 Å². The van der Waals surface area contributed by atoms with Gasteiger partial charge in [-0.25, -0.2) is 0 Å². The van der Waals surface area contributed by atoms with Gasteiger partial charge in [0.1, 0.15) is 6.42 Å². The van der Waals surface area contributed by atoms with E-state index >= 15 is 0 Å². The molecule has 0 fully saturated rings. The van der Waals surface area contributed by atoms with Crippen molar-refractivity contribution in [1.29, 1.82) is 5.26 Å². The van der Waals surface area contributed by atoms with E-state index in [4.69, 9.17) is 16.9 Å². The molecule has 0 heterocycles. The number of carbonyl (C=O) groups excluding carboxylic acids is 1. The minimum Gasteiger partial charge on any atom is -0.504 e. The van der Waals surface area contributed by atoms with Gasteiger partial charge in [0.2, 0.25) is 5.91 Å². The molecule has 0 atom stereocenters. The summed E-state index contributed by atoms with van der Waals surface area (Å²) in [7, 11) is 0. The highest BCUT2D eigenvalue weighted by atomic mass is 35.5. The number of rotatable bonds is 2. The third-order valence-electron chi connectivity index (χ3n) is 1.90. The van der Waals surface area contributed by atoms with Crippen LogP contribution in [-0.4, -0.2) is 11.0 Å². The smallest absolute Gasteiger partial charge is 0.416 e. The normalized spacial score (nSPS) is 10.8. The van der Waals surface area contributed by atoms with Crippen molar-refractivity contribution < 1.29 is 23.1 Å². The molecule has 2 N–H and O–H groups in total. The first-order valence-corrected chi connectivity index (χ1v) is 4.90. The van der Waals surface area contributed by atoms with Gasteiger partial charge in [-0.15, -0.1) is 0 Å². The highest BCUT2D eigenvalue weighted by molar-refractivity contribution is 6.32. The predicted octanol–water partition coefficient (Wildman–Crippen LogP) is 2.92. The Morgan fingerprint density at radius 2 is 2.11 bits per heavy atom. The first-order valence-electron chi connectivity index (χ1n) is 4.52. The molecule has 1 aromatic rings. The standard InChI is InChI=1S/C10H6ClF3N2O2/c11-6-3-5(10(12,13)14)4-7(9(6)18)16-8(17)1-2-15/h3-4,18H,1H2,(H,16,17). The first kappa shape index (κ1) is 14.1. The number of carbonyl (C=O) groups is 1. The Labute approximate surface area is 105 Å². The molecule has 8 heteroatoms. The maximum atomic E-state index is 12.5. The number of hydrogen-bond acceptors (Lipinski definition) is 3. The SMILES string of the molecule is N#CCC(=O)Nc1cc(C(F)(F)F)cc(Cl)c1O. The second kappa shape index (κ2) is 5.14. The zero-order chi connectivity index (χ0) is 13.9. The molecule has 0 spiro atoms. The Morgan fingerprint density at radius 1 is 1.50 bits per heavy atom. The molecule has 4 nitrogen and oxygen atoms in total. The number of phenols is 1. The molecule has 0 saturated heterocycles. The minimum absolute atomic E-state index is 0.491. The molecule has 0 bridgehead atoms. The fraction of sp³-hybridized carbons (Fsp3) is 0.200. The number of halogens is 4. The zero-order valence-electron chi connectivity index (χ0n) is 8.68. The molecule has 0 radical (unpaired) electrons. The molecule has 0 unspecified atom stereocenters. The molecule has 0 aliphatic rings. The molecule has 0 aromatic heterocycles.